The molecule has 0 unspecified atom stereocenters. The zero-order chi connectivity index (χ0) is 12.3. The van der Waals surface area contributed by atoms with Gasteiger partial charge in [-0.1, -0.05) is 6.07 Å². The predicted molar refractivity (Wildman–Crippen MR) is 66.3 cm³/mol. The lowest BCUT2D eigenvalue weighted by Gasteiger charge is -2.07. The molecular weight excluding hydrogens is 220 g/mol. The minimum Gasteiger partial charge on any atom is -0.382 e. The van der Waals surface area contributed by atoms with Crippen LogP contribution in [0.5, 0.6) is 0 Å². The van der Waals surface area contributed by atoms with E-state index in [2.05, 4.69) is 5.32 Å². The highest BCUT2D eigenvalue weighted by Gasteiger charge is 1.93. The highest BCUT2D eigenvalue weighted by atomic mass is 16.5. The third-order valence-corrected chi connectivity index (χ3v) is 2.28. The van der Waals surface area contributed by atoms with Gasteiger partial charge in [-0.15, -0.1) is 0 Å². The number of rotatable bonds is 9. The zero-order valence-corrected chi connectivity index (χ0v) is 10.2. The van der Waals surface area contributed by atoms with Crippen molar-refractivity contribution in [1.29, 1.82) is 0 Å². The van der Waals surface area contributed by atoms with Crippen LogP contribution in [0, 0.1) is 0 Å². The topological polar surface area (TPSA) is 52.5 Å². The van der Waals surface area contributed by atoms with Crippen LogP contribution < -0.4 is 10.9 Å². The summed E-state index contributed by atoms with van der Waals surface area (Å²) in [7, 11) is 1.65. The Hall–Kier alpha value is -1.17. The molecule has 0 aliphatic heterocycles. The SMILES string of the molecule is COCCOCCNCCn1ccccc1=O. The Morgan fingerprint density at radius 1 is 1.24 bits per heavy atom. The number of nitrogens with zero attached hydrogens (tertiary/aromatic N) is 1. The quantitative estimate of drug-likeness (QED) is 0.622. The Labute approximate surface area is 101 Å². The molecule has 0 bridgehead atoms. The van der Waals surface area contributed by atoms with Crippen molar-refractivity contribution in [2.24, 2.45) is 0 Å². The molecular formula is C12H20N2O3. The molecule has 1 N–H and O–H groups in total. The van der Waals surface area contributed by atoms with Crippen LogP contribution >= 0.6 is 0 Å². The second-order valence-corrected chi connectivity index (χ2v) is 3.59. The van der Waals surface area contributed by atoms with E-state index in [4.69, 9.17) is 9.47 Å². The number of hydrogen-bond acceptors (Lipinski definition) is 4. The summed E-state index contributed by atoms with van der Waals surface area (Å²) in [5.74, 6) is 0. The lowest BCUT2D eigenvalue weighted by atomic mass is 10.4. The van der Waals surface area contributed by atoms with Gasteiger partial charge in [0.2, 0.25) is 0 Å². The molecule has 0 radical (unpaired) electrons. The molecule has 1 rings (SSSR count). The Kier molecular flexibility index (Phi) is 7.29. The van der Waals surface area contributed by atoms with E-state index in [-0.39, 0.29) is 5.56 Å². The molecule has 0 fully saturated rings. The monoisotopic (exact) mass is 240 g/mol. The molecule has 17 heavy (non-hydrogen) atoms. The van der Waals surface area contributed by atoms with Crippen molar-refractivity contribution >= 4 is 0 Å². The van der Waals surface area contributed by atoms with Gasteiger partial charge in [0, 0.05) is 39.0 Å². The van der Waals surface area contributed by atoms with Crippen molar-refractivity contribution in [3.05, 3.63) is 34.7 Å². The average Bonchev–Trinajstić information content (AvgIpc) is 2.35. The number of pyridine rings is 1. The van der Waals surface area contributed by atoms with E-state index in [1.54, 1.807) is 30.0 Å². The van der Waals surface area contributed by atoms with Gasteiger partial charge in [0.15, 0.2) is 0 Å². The Balaban J connectivity index is 2.01. The van der Waals surface area contributed by atoms with Crippen molar-refractivity contribution in [3.63, 3.8) is 0 Å². The van der Waals surface area contributed by atoms with Crippen LogP contribution in [-0.2, 0) is 16.0 Å². The first-order chi connectivity index (χ1) is 8.34. The van der Waals surface area contributed by atoms with Gasteiger partial charge in [0.25, 0.3) is 5.56 Å². The maximum atomic E-state index is 11.4. The van der Waals surface area contributed by atoms with Gasteiger partial charge in [0.05, 0.1) is 19.8 Å². The minimum absolute atomic E-state index is 0.0330. The number of hydrogen-bond donors (Lipinski definition) is 1. The lowest BCUT2D eigenvalue weighted by molar-refractivity contribution is 0.0720. The van der Waals surface area contributed by atoms with Gasteiger partial charge >= 0.3 is 0 Å². The minimum atomic E-state index is 0.0330. The average molecular weight is 240 g/mol. The standard InChI is InChI=1S/C12H20N2O3/c1-16-10-11-17-9-6-13-5-8-14-7-3-2-4-12(14)15/h2-4,7,13H,5-6,8-11H2,1H3. The summed E-state index contributed by atoms with van der Waals surface area (Å²) in [5.41, 5.74) is 0.0330. The number of nitrogens with one attached hydrogen (secondary N) is 1. The zero-order valence-electron chi connectivity index (χ0n) is 10.2. The van der Waals surface area contributed by atoms with E-state index in [1.807, 2.05) is 6.07 Å². The van der Waals surface area contributed by atoms with Crippen LogP contribution in [0.1, 0.15) is 0 Å². The molecule has 0 aliphatic rings. The van der Waals surface area contributed by atoms with Gasteiger partial charge in [0.1, 0.15) is 0 Å². The molecule has 5 nitrogen and oxygen atoms in total. The normalized spacial score (nSPS) is 10.6. The second kappa shape index (κ2) is 8.92. The summed E-state index contributed by atoms with van der Waals surface area (Å²) >= 11 is 0. The molecule has 0 spiro atoms. The first-order valence-electron chi connectivity index (χ1n) is 5.77. The molecule has 0 saturated carbocycles. The number of methoxy groups -OCH3 is 1. The highest BCUT2D eigenvalue weighted by molar-refractivity contribution is 4.93. The molecule has 0 aromatic carbocycles. The molecule has 0 aliphatic carbocycles. The van der Waals surface area contributed by atoms with Gasteiger partial charge in [-0.25, -0.2) is 0 Å². The fourth-order valence-corrected chi connectivity index (χ4v) is 1.36. The van der Waals surface area contributed by atoms with Crippen molar-refractivity contribution in [1.82, 2.24) is 9.88 Å². The van der Waals surface area contributed by atoms with Crippen molar-refractivity contribution < 1.29 is 9.47 Å². The molecule has 1 heterocycles. The first kappa shape index (κ1) is 13.9. The van der Waals surface area contributed by atoms with Crippen LogP contribution in [0.2, 0.25) is 0 Å². The Morgan fingerprint density at radius 2 is 2.12 bits per heavy atom. The van der Waals surface area contributed by atoms with E-state index < -0.39 is 0 Å². The van der Waals surface area contributed by atoms with Gasteiger partial charge in [-0.05, 0) is 6.07 Å². The van der Waals surface area contributed by atoms with E-state index in [0.717, 1.165) is 13.1 Å². The van der Waals surface area contributed by atoms with Crippen molar-refractivity contribution in [3.8, 4) is 0 Å². The van der Waals surface area contributed by atoms with E-state index >= 15 is 0 Å². The largest absolute Gasteiger partial charge is 0.382 e. The Morgan fingerprint density at radius 3 is 2.88 bits per heavy atom. The highest BCUT2D eigenvalue weighted by Crippen LogP contribution is 1.81. The van der Waals surface area contributed by atoms with Crippen LogP contribution in [0.4, 0.5) is 0 Å². The summed E-state index contributed by atoms with van der Waals surface area (Å²) in [6.07, 6.45) is 1.79. The van der Waals surface area contributed by atoms with Crippen LogP contribution in [0.3, 0.4) is 0 Å². The van der Waals surface area contributed by atoms with E-state index in [1.165, 1.54) is 0 Å². The van der Waals surface area contributed by atoms with Crippen LogP contribution in [0.15, 0.2) is 29.2 Å². The van der Waals surface area contributed by atoms with Crippen LogP contribution in [0.25, 0.3) is 0 Å². The number of ether oxygens (including phenoxy) is 2. The fraction of sp³-hybridized carbons (Fsp3) is 0.583. The second-order valence-electron chi connectivity index (χ2n) is 3.59. The summed E-state index contributed by atoms with van der Waals surface area (Å²) < 4.78 is 11.8. The third kappa shape index (κ3) is 6.21. The molecule has 1 aromatic heterocycles. The maximum Gasteiger partial charge on any atom is 0.250 e. The molecule has 1 aromatic rings. The Bertz CT molecular complexity index is 352. The molecule has 0 amide bonds. The molecule has 96 valence electrons. The summed E-state index contributed by atoms with van der Waals surface area (Å²) in [4.78, 5) is 11.4. The molecule has 0 atom stereocenters. The van der Waals surface area contributed by atoms with Crippen molar-refractivity contribution in [2.75, 3.05) is 40.0 Å². The maximum absolute atomic E-state index is 11.4. The summed E-state index contributed by atoms with van der Waals surface area (Å²) in [6, 6.07) is 5.17. The van der Waals surface area contributed by atoms with Crippen molar-refractivity contribution in [2.45, 2.75) is 6.54 Å². The van der Waals surface area contributed by atoms with Gasteiger partial charge < -0.3 is 19.4 Å². The fourth-order valence-electron chi connectivity index (χ4n) is 1.36. The van der Waals surface area contributed by atoms with Gasteiger partial charge in [-0.3, -0.25) is 4.79 Å². The summed E-state index contributed by atoms with van der Waals surface area (Å²) in [5, 5.41) is 3.21. The van der Waals surface area contributed by atoms with Gasteiger partial charge in [-0.2, -0.15) is 0 Å². The summed E-state index contributed by atoms with van der Waals surface area (Å²) in [6.45, 7) is 4.13. The third-order valence-electron chi connectivity index (χ3n) is 2.28. The smallest absolute Gasteiger partial charge is 0.250 e. The lowest BCUT2D eigenvalue weighted by Crippen LogP contribution is -2.28. The first-order valence-corrected chi connectivity index (χ1v) is 5.77. The molecule has 5 heteroatoms. The predicted octanol–water partition coefficient (Wildman–Crippen LogP) is 0.101. The number of aromatic nitrogens is 1. The van der Waals surface area contributed by atoms with E-state index in [9.17, 15) is 4.79 Å². The van der Waals surface area contributed by atoms with Crippen LogP contribution in [-0.4, -0.2) is 44.6 Å². The molecule has 0 saturated heterocycles. The van der Waals surface area contributed by atoms with E-state index in [0.29, 0.717) is 26.4 Å².